The van der Waals surface area contributed by atoms with Crippen LogP contribution in [0.5, 0.6) is 5.75 Å². The Morgan fingerprint density at radius 2 is 1.83 bits per heavy atom. The molecule has 1 aromatic heterocycles. The molecular weight excluding hydrogens is 362 g/mol. The number of carbonyl (C=O) groups excluding carboxylic acids is 1. The van der Waals surface area contributed by atoms with Gasteiger partial charge in [0, 0.05) is 28.7 Å². The summed E-state index contributed by atoms with van der Waals surface area (Å²) in [5.74, 6) is -0.514. The standard InChI is InChI=1S/C24H23N3O2/c1-3-16(2)27-15-19(20-10-6-7-11-22(20)27)14-25-26-24(29)21-12-17-8-4-5-9-18(17)13-23(21)28/h4-16,28H,3H2,1-2H3,(H,26,29). The number of benzene rings is 3. The van der Waals surface area contributed by atoms with Gasteiger partial charge in [-0.1, -0.05) is 49.4 Å². The summed E-state index contributed by atoms with van der Waals surface area (Å²) in [6.07, 6.45) is 4.73. The summed E-state index contributed by atoms with van der Waals surface area (Å²) < 4.78 is 2.23. The summed E-state index contributed by atoms with van der Waals surface area (Å²) in [6, 6.07) is 19.4. The van der Waals surface area contributed by atoms with E-state index in [0.717, 1.165) is 33.7 Å². The van der Waals surface area contributed by atoms with Crippen LogP contribution in [0.15, 0.2) is 72.0 Å². The number of aromatic hydroxyl groups is 1. The number of nitrogens with one attached hydrogen (secondary N) is 1. The number of nitrogens with zero attached hydrogens (tertiary/aromatic N) is 2. The molecule has 0 saturated heterocycles. The molecule has 29 heavy (non-hydrogen) atoms. The molecule has 0 aliphatic rings. The number of hydrogen-bond donors (Lipinski definition) is 2. The van der Waals surface area contributed by atoms with Gasteiger partial charge in [-0.2, -0.15) is 5.10 Å². The van der Waals surface area contributed by atoms with Gasteiger partial charge in [-0.05, 0) is 42.3 Å². The topological polar surface area (TPSA) is 66.6 Å². The average Bonchev–Trinajstić information content (AvgIpc) is 3.11. The highest BCUT2D eigenvalue weighted by Gasteiger charge is 2.13. The number of carbonyl (C=O) groups is 1. The number of phenols is 1. The van der Waals surface area contributed by atoms with Gasteiger partial charge in [-0.3, -0.25) is 4.79 Å². The number of fused-ring (bicyclic) bond motifs is 2. The minimum absolute atomic E-state index is 0.0650. The Labute approximate surface area is 169 Å². The van der Waals surface area contributed by atoms with E-state index in [0.29, 0.717) is 6.04 Å². The molecule has 0 bridgehead atoms. The molecule has 1 unspecified atom stereocenters. The third kappa shape index (κ3) is 3.59. The van der Waals surface area contributed by atoms with Crippen molar-refractivity contribution in [2.75, 3.05) is 0 Å². The van der Waals surface area contributed by atoms with E-state index in [4.69, 9.17) is 0 Å². The lowest BCUT2D eigenvalue weighted by Crippen LogP contribution is -2.17. The molecule has 2 N–H and O–H groups in total. The number of aromatic nitrogens is 1. The number of para-hydroxylation sites is 1. The predicted molar refractivity (Wildman–Crippen MR) is 118 cm³/mol. The van der Waals surface area contributed by atoms with Gasteiger partial charge in [0.25, 0.3) is 5.91 Å². The van der Waals surface area contributed by atoms with E-state index < -0.39 is 5.91 Å². The number of hydrazone groups is 1. The first kappa shape index (κ1) is 18.7. The van der Waals surface area contributed by atoms with Gasteiger partial charge in [0.1, 0.15) is 5.75 Å². The molecule has 0 aliphatic heterocycles. The summed E-state index contributed by atoms with van der Waals surface area (Å²) >= 11 is 0. The van der Waals surface area contributed by atoms with Crippen LogP contribution in [0.4, 0.5) is 0 Å². The van der Waals surface area contributed by atoms with Crippen molar-refractivity contribution in [3.05, 3.63) is 78.0 Å². The number of hydrogen-bond acceptors (Lipinski definition) is 3. The Bertz CT molecular complexity index is 1220. The molecule has 1 atom stereocenters. The fourth-order valence-corrected chi connectivity index (χ4v) is 3.53. The van der Waals surface area contributed by atoms with E-state index in [9.17, 15) is 9.90 Å². The van der Waals surface area contributed by atoms with Crippen LogP contribution in [0.25, 0.3) is 21.7 Å². The zero-order valence-electron chi connectivity index (χ0n) is 16.5. The maximum absolute atomic E-state index is 12.5. The Balaban J connectivity index is 1.59. The molecule has 5 nitrogen and oxygen atoms in total. The molecule has 5 heteroatoms. The highest BCUT2D eigenvalue weighted by molar-refractivity contribution is 6.03. The van der Waals surface area contributed by atoms with Crippen LogP contribution in [-0.2, 0) is 0 Å². The maximum atomic E-state index is 12.5. The molecule has 1 heterocycles. The average molecular weight is 385 g/mol. The van der Waals surface area contributed by atoms with Crippen molar-refractivity contribution in [1.29, 1.82) is 0 Å². The molecule has 1 amide bonds. The largest absolute Gasteiger partial charge is 0.507 e. The zero-order valence-corrected chi connectivity index (χ0v) is 16.5. The lowest BCUT2D eigenvalue weighted by atomic mass is 10.1. The monoisotopic (exact) mass is 385 g/mol. The molecule has 3 aromatic carbocycles. The van der Waals surface area contributed by atoms with Crippen LogP contribution < -0.4 is 5.43 Å². The molecule has 4 aromatic rings. The predicted octanol–water partition coefficient (Wildman–Crippen LogP) is 5.24. The van der Waals surface area contributed by atoms with Gasteiger partial charge in [-0.25, -0.2) is 5.43 Å². The Hall–Kier alpha value is -3.60. The SMILES string of the molecule is CCC(C)n1cc(C=NNC(=O)c2cc3ccccc3cc2O)c2ccccc21. The van der Waals surface area contributed by atoms with Gasteiger partial charge in [0.2, 0.25) is 0 Å². The van der Waals surface area contributed by atoms with Crippen molar-refractivity contribution in [3.8, 4) is 5.75 Å². The van der Waals surface area contributed by atoms with Gasteiger partial charge in [-0.15, -0.1) is 0 Å². The quantitative estimate of drug-likeness (QED) is 0.365. The van der Waals surface area contributed by atoms with E-state index in [1.807, 2.05) is 42.5 Å². The fourth-order valence-electron chi connectivity index (χ4n) is 3.53. The Kier molecular flexibility index (Phi) is 5.04. The summed E-state index contributed by atoms with van der Waals surface area (Å²) in [5.41, 5.74) is 4.80. The second-order valence-corrected chi connectivity index (χ2v) is 7.18. The first-order valence-corrected chi connectivity index (χ1v) is 9.73. The lowest BCUT2D eigenvalue weighted by molar-refractivity contribution is 0.0952. The normalized spacial score (nSPS) is 12.6. The fraction of sp³-hybridized carbons (Fsp3) is 0.167. The van der Waals surface area contributed by atoms with E-state index in [2.05, 4.69) is 41.2 Å². The van der Waals surface area contributed by atoms with Gasteiger partial charge >= 0.3 is 0 Å². The summed E-state index contributed by atoms with van der Waals surface area (Å²) in [7, 11) is 0. The van der Waals surface area contributed by atoms with Crippen molar-refractivity contribution >= 4 is 33.8 Å². The smallest absolute Gasteiger partial charge is 0.275 e. The summed E-state index contributed by atoms with van der Waals surface area (Å²) in [4.78, 5) is 12.5. The highest BCUT2D eigenvalue weighted by Crippen LogP contribution is 2.26. The summed E-state index contributed by atoms with van der Waals surface area (Å²) in [6.45, 7) is 4.33. The first-order chi connectivity index (χ1) is 14.1. The van der Waals surface area contributed by atoms with Crippen LogP contribution in [0.3, 0.4) is 0 Å². The zero-order chi connectivity index (χ0) is 20.4. The van der Waals surface area contributed by atoms with Crippen LogP contribution >= 0.6 is 0 Å². The Morgan fingerprint density at radius 1 is 1.14 bits per heavy atom. The minimum Gasteiger partial charge on any atom is -0.507 e. The van der Waals surface area contributed by atoms with E-state index in [-0.39, 0.29) is 11.3 Å². The lowest BCUT2D eigenvalue weighted by Gasteiger charge is -2.12. The highest BCUT2D eigenvalue weighted by atomic mass is 16.3. The first-order valence-electron chi connectivity index (χ1n) is 9.73. The third-order valence-electron chi connectivity index (χ3n) is 5.32. The van der Waals surface area contributed by atoms with Crippen molar-refractivity contribution in [2.24, 2.45) is 5.10 Å². The molecule has 0 radical (unpaired) electrons. The van der Waals surface area contributed by atoms with Crippen molar-refractivity contribution in [3.63, 3.8) is 0 Å². The number of amides is 1. The second kappa shape index (κ2) is 7.80. The van der Waals surface area contributed by atoms with Crippen LogP contribution in [-0.4, -0.2) is 21.8 Å². The third-order valence-corrected chi connectivity index (χ3v) is 5.32. The van der Waals surface area contributed by atoms with Gasteiger partial charge in [0.15, 0.2) is 0 Å². The van der Waals surface area contributed by atoms with Gasteiger partial charge in [0.05, 0.1) is 11.8 Å². The molecule has 0 saturated carbocycles. The van der Waals surface area contributed by atoms with Crippen molar-refractivity contribution in [1.82, 2.24) is 9.99 Å². The molecule has 146 valence electrons. The van der Waals surface area contributed by atoms with Crippen LogP contribution in [0.1, 0.15) is 42.2 Å². The molecular formula is C24H23N3O2. The number of rotatable bonds is 5. The van der Waals surface area contributed by atoms with Crippen molar-refractivity contribution < 1.29 is 9.90 Å². The molecule has 0 spiro atoms. The summed E-state index contributed by atoms with van der Waals surface area (Å²) in [5, 5.41) is 17.2. The van der Waals surface area contributed by atoms with Gasteiger partial charge < -0.3 is 9.67 Å². The van der Waals surface area contributed by atoms with E-state index >= 15 is 0 Å². The van der Waals surface area contributed by atoms with E-state index in [1.165, 1.54) is 0 Å². The van der Waals surface area contributed by atoms with Crippen LogP contribution in [0, 0.1) is 0 Å². The maximum Gasteiger partial charge on any atom is 0.275 e. The van der Waals surface area contributed by atoms with Crippen molar-refractivity contribution in [2.45, 2.75) is 26.3 Å². The minimum atomic E-state index is -0.449. The molecule has 4 rings (SSSR count). The molecule has 0 aliphatic carbocycles. The second-order valence-electron chi connectivity index (χ2n) is 7.18. The van der Waals surface area contributed by atoms with Crippen LogP contribution in [0.2, 0.25) is 0 Å². The van der Waals surface area contributed by atoms with E-state index in [1.54, 1.807) is 18.3 Å². The Morgan fingerprint density at radius 3 is 2.59 bits per heavy atom. The number of phenolic OH excluding ortho intramolecular Hbond substituents is 1. The molecule has 0 fully saturated rings.